The zero-order valence-corrected chi connectivity index (χ0v) is 14.1. The summed E-state index contributed by atoms with van der Waals surface area (Å²) < 4.78 is 1.96. The normalized spacial score (nSPS) is 17.0. The van der Waals surface area contributed by atoms with Crippen molar-refractivity contribution < 1.29 is 0 Å². The molecule has 0 saturated carbocycles. The second kappa shape index (κ2) is 6.82. The lowest BCUT2D eigenvalue weighted by Gasteiger charge is -2.34. The van der Waals surface area contributed by atoms with Gasteiger partial charge in [-0.25, -0.2) is 4.98 Å². The summed E-state index contributed by atoms with van der Waals surface area (Å²) in [5.41, 5.74) is 2.82. The van der Waals surface area contributed by atoms with Gasteiger partial charge in [-0.3, -0.25) is 9.80 Å². The molecule has 1 aliphatic rings. The number of benzene rings is 1. The van der Waals surface area contributed by atoms with Gasteiger partial charge in [-0.05, 0) is 18.1 Å². The van der Waals surface area contributed by atoms with Crippen LogP contribution in [0.1, 0.15) is 17.0 Å². The Morgan fingerprint density at radius 1 is 1.05 bits per heavy atom. The monoisotopic (exact) mass is 318 g/mol. The summed E-state index contributed by atoms with van der Waals surface area (Å²) in [6, 6.07) is 8.66. The number of hydrogen-bond acceptors (Lipinski definition) is 3. The van der Waals surface area contributed by atoms with E-state index in [4.69, 9.17) is 11.6 Å². The van der Waals surface area contributed by atoms with Crippen LogP contribution in [0.5, 0.6) is 0 Å². The molecule has 118 valence electrons. The molecule has 0 bridgehead atoms. The van der Waals surface area contributed by atoms with Gasteiger partial charge in [-0.2, -0.15) is 0 Å². The molecule has 0 unspecified atom stereocenters. The number of aryl methyl sites for hydroxylation is 1. The molecule has 2 heterocycles. The third-order valence-electron chi connectivity index (χ3n) is 4.51. The molecular formula is C17H23ClN4. The molecule has 1 aromatic carbocycles. The fourth-order valence-electron chi connectivity index (χ4n) is 2.91. The Morgan fingerprint density at radius 2 is 1.68 bits per heavy atom. The van der Waals surface area contributed by atoms with E-state index in [-0.39, 0.29) is 0 Å². The average Bonchev–Trinajstić information content (AvgIpc) is 2.83. The van der Waals surface area contributed by atoms with Crippen LogP contribution in [0.2, 0.25) is 5.15 Å². The van der Waals surface area contributed by atoms with Crippen LogP contribution in [0.4, 0.5) is 0 Å². The van der Waals surface area contributed by atoms with Crippen molar-refractivity contribution in [1.82, 2.24) is 19.4 Å². The maximum absolute atomic E-state index is 6.05. The van der Waals surface area contributed by atoms with Gasteiger partial charge in [0.1, 0.15) is 11.0 Å². The molecule has 0 atom stereocenters. The fourth-order valence-corrected chi connectivity index (χ4v) is 3.05. The third-order valence-corrected chi connectivity index (χ3v) is 4.86. The highest BCUT2D eigenvalue weighted by molar-refractivity contribution is 6.29. The number of hydrogen-bond donors (Lipinski definition) is 0. The van der Waals surface area contributed by atoms with Crippen molar-refractivity contribution in [3.63, 3.8) is 0 Å². The molecule has 3 rings (SSSR count). The van der Waals surface area contributed by atoms with Crippen molar-refractivity contribution in [2.75, 3.05) is 26.2 Å². The Labute approximate surface area is 137 Å². The molecule has 1 aromatic heterocycles. The minimum atomic E-state index is 0.702. The van der Waals surface area contributed by atoms with E-state index in [0.717, 1.165) is 45.1 Å². The lowest BCUT2D eigenvalue weighted by molar-refractivity contribution is 0.119. The Bertz CT molecular complexity index is 629. The Kier molecular flexibility index (Phi) is 4.81. The Hall–Kier alpha value is -1.36. The lowest BCUT2D eigenvalue weighted by Crippen LogP contribution is -2.45. The number of nitrogens with zero attached hydrogens (tertiary/aromatic N) is 4. The smallest absolute Gasteiger partial charge is 0.128 e. The second-order valence-corrected chi connectivity index (χ2v) is 6.42. The first-order chi connectivity index (χ1) is 10.6. The number of aromatic nitrogens is 2. The third kappa shape index (κ3) is 3.51. The minimum Gasteiger partial charge on any atom is -0.321 e. The molecule has 2 aromatic rings. The van der Waals surface area contributed by atoms with Crippen LogP contribution in [0.3, 0.4) is 0 Å². The highest BCUT2D eigenvalue weighted by Gasteiger charge is 2.19. The maximum atomic E-state index is 6.05. The van der Waals surface area contributed by atoms with Gasteiger partial charge < -0.3 is 4.57 Å². The molecule has 5 heteroatoms. The van der Waals surface area contributed by atoms with E-state index in [9.17, 15) is 0 Å². The topological polar surface area (TPSA) is 24.3 Å². The van der Waals surface area contributed by atoms with Crippen LogP contribution in [-0.2, 0) is 20.1 Å². The number of imidazole rings is 1. The molecule has 0 radical (unpaired) electrons. The first-order valence-corrected chi connectivity index (χ1v) is 8.16. The van der Waals surface area contributed by atoms with E-state index < -0.39 is 0 Å². The lowest BCUT2D eigenvalue weighted by atomic mass is 10.1. The summed E-state index contributed by atoms with van der Waals surface area (Å²) in [7, 11) is 1.97. The summed E-state index contributed by atoms with van der Waals surface area (Å²) >= 11 is 6.05. The van der Waals surface area contributed by atoms with Crippen molar-refractivity contribution in [2.45, 2.75) is 20.0 Å². The van der Waals surface area contributed by atoms with Gasteiger partial charge in [0.25, 0.3) is 0 Å². The second-order valence-electron chi connectivity index (χ2n) is 6.03. The SMILES string of the molecule is Cc1ccccc1CN1CCN(Cc2ncc(Cl)n2C)CC1. The van der Waals surface area contributed by atoms with Gasteiger partial charge in [-0.1, -0.05) is 35.9 Å². The summed E-state index contributed by atoms with van der Waals surface area (Å²) in [4.78, 5) is 9.37. The first kappa shape index (κ1) is 15.5. The largest absolute Gasteiger partial charge is 0.321 e. The van der Waals surface area contributed by atoms with Crippen molar-refractivity contribution in [3.05, 3.63) is 52.6 Å². The van der Waals surface area contributed by atoms with Crippen LogP contribution in [-0.4, -0.2) is 45.5 Å². The number of piperazine rings is 1. The van der Waals surface area contributed by atoms with Crippen LogP contribution < -0.4 is 0 Å². The van der Waals surface area contributed by atoms with Crippen LogP contribution in [0.25, 0.3) is 0 Å². The van der Waals surface area contributed by atoms with Gasteiger partial charge in [0, 0.05) is 39.8 Å². The Balaban J connectivity index is 1.52. The predicted octanol–water partition coefficient (Wildman–Crippen LogP) is 2.70. The van der Waals surface area contributed by atoms with E-state index in [1.165, 1.54) is 11.1 Å². The van der Waals surface area contributed by atoms with E-state index >= 15 is 0 Å². The van der Waals surface area contributed by atoms with Crippen molar-refractivity contribution in [1.29, 1.82) is 0 Å². The molecule has 1 fully saturated rings. The van der Waals surface area contributed by atoms with Gasteiger partial charge in [-0.15, -0.1) is 0 Å². The molecular weight excluding hydrogens is 296 g/mol. The van der Waals surface area contributed by atoms with Crippen molar-refractivity contribution in [2.24, 2.45) is 7.05 Å². The van der Waals surface area contributed by atoms with Crippen LogP contribution in [0, 0.1) is 6.92 Å². The van der Waals surface area contributed by atoms with E-state index in [0.29, 0.717) is 5.15 Å². The van der Waals surface area contributed by atoms with Crippen molar-refractivity contribution in [3.8, 4) is 0 Å². The molecule has 4 nitrogen and oxygen atoms in total. The molecule has 0 spiro atoms. The predicted molar refractivity (Wildman–Crippen MR) is 90.0 cm³/mol. The summed E-state index contributed by atoms with van der Waals surface area (Å²) in [5, 5.41) is 0.702. The first-order valence-electron chi connectivity index (χ1n) is 7.79. The number of rotatable bonds is 4. The standard InChI is InChI=1S/C17H23ClN4/c1-14-5-3-4-6-15(14)12-21-7-9-22(10-8-21)13-17-19-11-16(18)20(17)2/h3-6,11H,7-10,12-13H2,1-2H3. The van der Waals surface area contributed by atoms with Crippen LogP contribution in [0.15, 0.2) is 30.5 Å². The average molecular weight is 319 g/mol. The molecule has 22 heavy (non-hydrogen) atoms. The van der Waals surface area contributed by atoms with Crippen molar-refractivity contribution >= 4 is 11.6 Å². The van der Waals surface area contributed by atoms with E-state index in [2.05, 4.69) is 46.0 Å². The summed E-state index contributed by atoms with van der Waals surface area (Å²) in [6.07, 6.45) is 1.73. The molecule has 1 aliphatic heterocycles. The van der Waals surface area contributed by atoms with Gasteiger partial charge >= 0.3 is 0 Å². The maximum Gasteiger partial charge on any atom is 0.128 e. The fraction of sp³-hybridized carbons (Fsp3) is 0.471. The molecule has 0 N–H and O–H groups in total. The zero-order valence-electron chi connectivity index (χ0n) is 13.3. The van der Waals surface area contributed by atoms with E-state index in [1.807, 2.05) is 11.6 Å². The highest BCUT2D eigenvalue weighted by Crippen LogP contribution is 2.15. The molecule has 1 saturated heterocycles. The van der Waals surface area contributed by atoms with Gasteiger partial charge in [0.15, 0.2) is 0 Å². The summed E-state index contributed by atoms with van der Waals surface area (Å²) in [6.45, 7) is 8.48. The number of halogens is 1. The van der Waals surface area contributed by atoms with E-state index in [1.54, 1.807) is 6.20 Å². The Morgan fingerprint density at radius 3 is 2.27 bits per heavy atom. The molecule has 0 amide bonds. The molecule has 0 aliphatic carbocycles. The van der Waals surface area contributed by atoms with Crippen LogP contribution >= 0.6 is 11.6 Å². The minimum absolute atomic E-state index is 0.702. The summed E-state index contributed by atoms with van der Waals surface area (Å²) in [5.74, 6) is 1.04. The quantitative estimate of drug-likeness (QED) is 0.866. The van der Waals surface area contributed by atoms with Gasteiger partial charge in [0.05, 0.1) is 12.7 Å². The van der Waals surface area contributed by atoms with Gasteiger partial charge in [0.2, 0.25) is 0 Å². The highest BCUT2D eigenvalue weighted by atomic mass is 35.5. The zero-order chi connectivity index (χ0) is 15.5.